The Labute approximate surface area is 129 Å². The van der Waals surface area contributed by atoms with E-state index in [1.807, 2.05) is 13.8 Å². The number of nitrogens with one attached hydrogen (secondary N) is 1. The molecule has 0 aromatic carbocycles. The van der Waals surface area contributed by atoms with Crippen LogP contribution in [0.4, 0.5) is 0 Å². The zero-order valence-electron chi connectivity index (χ0n) is 14.2. The molecule has 0 aromatic rings. The number of likely N-dealkylation sites (N-methyl/N-ethyl adjacent to an activating group) is 2. The largest absolute Gasteiger partial charge is 0.355 e. The molecule has 0 aromatic heterocycles. The molecule has 0 heterocycles. The number of amides is 2. The van der Waals surface area contributed by atoms with Gasteiger partial charge in [-0.3, -0.25) is 14.5 Å². The van der Waals surface area contributed by atoms with Crippen LogP contribution < -0.4 is 11.1 Å². The van der Waals surface area contributed by atoms with E-state index in [1.165, 1.54) is 4.90 Å². The second-order valence-electron chi connectivity index (χ2n) is 6.27. The molecule has 0 aliphatic carbocycles. The summed E-state index contributed by atoms with van der Waals surface area (Å²) in [5.74, 6) is -0.158. The highest BCUT2D eigenvalue weighted by Crippen LogP contribution is 2.14. The Morgan fingerprint density at radius 2 is 1.81 bits per heavy atom. The number of nitrogens with two attached hydrogens (primary N) is 1. The molecular formula is C15H32N4O2. The molecule has 21 heavy (non-hydrogen) atoms. The van der Waals surface area contributed by atoms with E-state index in [1.54, 1.807) is 7.05 Å². The van der Waals surface area contributed by atoms with Gasteiger partial charge in [-0.15, -0.1) is 0 Å². The lowest BCUT2D eigenvalue weighted by Gasteiger charge is -2.31. The number of nitrogens with zero attached hydrogens (tertiary/aromatic N) is 2. The molecule has 0 atom stereocenters. The minimum absolute atomic E-state index is 0.0205. The first-order valence-corrected chi connectivity index (χ1v) is 7.68. The van der Waals surface area contributed by atoms with Crippen LogP contribution in [0.3, 0.4) is 0 Å². The van der Waals surface area contributed by atoms with Gasteiger partial charge in [0.25, 0.3) is 0 Å². The van der Waals surface area contributed by atoms with Gasteiger partial charge in [-0.05, 0) is 24.9 Å². The maximum atomic E-state index is 12.2. The first kappa shape index (κ1) is 19.9. The lowest BCUT2D eigenvalue weighted by molar-refractivity contribution is -0.135. The average Bonchev–Trinajstić information content (AvgIpc) is 2.43. The summed E-state index contributed by atoms with van der Waals surface area (Å²) in [5, 5.41) is 2.77. The number of hydrogen-bond acceptors (Lipinski definition) is 4. The third kappa shape index (κ3) is 8.67. The summed E-state index contributed by atoms with van der Waals surface area (Å²) in [4.78, 5) is 27.3. The summed E-state index contributed by atoms with van der Waals surface area (Å²) < 4.78 is 0. The van der Waals surface area contributed by atoms with E-state index in [2.05, 4.69) is 24.1 Å². The molecular weight excluding hydrogens is 268 g/mol. The molecule has 0 aliphatic rings. The van der Waals surface area contributed by atoms with Crippen LogP contribution in [0, 0.1) is 5.41 Å². The molecule has 6 heteroatoms. The van der Waals surface area contributed by atoms with Crippen LogP contribution in [0.5, 0.6) is 0 Å². The monoisotopic (exact) mass is 300 g/mol. The predicted molar refractivity (Wildman–Crippen MR) is 85.9 cm³/mol. The smallest absolute Gasteiger partial charge is 0.239 e. The van der Waals surface area contributed by atoms with Crippen LogP contribution in [0.1, 0.15) is 34.1 Å². The van der Waals surface area contributed by atoms with Gasteiger partial charge in [0.15, 0.2) is 0 Å². The Morgan fingerprint density at radius 3 is 2.29 bits per heavy atom. The lowest BCUT2D eigenvalue weighted by atomic mass is 9.93. The van der Waals surface area contributed by atoms with Crippen molar-refractivity contribution in [2.75, 3.05) is 46.3 Å². The van der Waals surface area contributed by atoms with Crippen LogP contribution in [0.15, 0.2) is 0 Å². The summed E-state index contributed by atoms with van der Waals surface area (Å²) in [6.07, 6.45) is 0.890. The van der Waals surface area contributed by atoms with E-state index < -0.39 is 0 Å². The van der Waals surface area contributed by atoms with Gasteiger partial charge >= 0.3 is 0 Å². The number of hydrogen-bond donors (Lipinski definition) is 2. The second kappa shape index (κ2) is 9.73. The molecule has 6 nitrogen and oxygen atoms in total. The molecule has 0 rings (SSSR count). The van der Waals surface area contributed by atoms with Gasteiger partial charge < -0.3 is 16.0 Å². The highest BCUT2D eigenvalue weighted by molar-refractivity contribution is 5.85. The molecule has 0 saturated heterocycles. The first-order chi connectivity index (χ1) is 9.75. The Morgan fingerprint density at radius 1 is 1.19 bits per heavy atom. The van der Waals surface area contributed by atoms with Crippen molar-refractivity contribution in [3.8, 4) is 0 Å². The standard InChI is InChI=1S/C15H32N4O2/c1-6-8-17-13(20)9-18(5)14(21)10-19(7-2)12-15(3,4)11-16/h6-12,16H2,1-5H3,(H,17,20). The highest BCUT2D eigenvalue weighted by Gasteiger charge is 2.22. The van der Waals surface area contributed by atoms with Crippen LogP contribution in [0.25, 0.3) is 0 Å². The molecule has 0 bridgehead atoms. The van der Waals surface area contributed by atoms with E-state index in [4.69, 9.17) is 5.73 Å². The van der Waals surface area contributed by atoms with E-state index in [-0.39, 0.29) is 23.8 Å². The summed E-state index contributed by atoms with van der Waals surface area (Å²) in [7, 11) is 1.66. The molecule has 2 amide bonds. The summed E-state index contributed by atoms with van der Waals surface area (Å²) in [5.41, 5.74) is 5.72. The minimum atomic E-state index is -0.113. The quantitative estimate of drug-likeness (QED) is 0.607. The zero-order valence-corrected chi connectivity index (χ0v) is 14.2. The summed E-state index contributed by atoms with van der Waals surface area (Å²) in [6.45, 7) is 11.4. The SMILES string of the molecule is CCCNC(=O)CN(C)C(=O)CN(CC)CC(C)(C)CN. The first-order valence-electron chi connectivity index (χ1n) is 7.68. The number of rotatable bonds is 10. The van der Waals surface area contributed by atoms with Crippen molar-refractivity contribution >= 4 is 11.8 Å². The maximum Gasteiger partial charge on any atom is 0.239 e. The van der Waals surface area contributed by atoms with Gasteiger partial charge in [0, 0.05) is 20.1 Å². The van der Waals surface area contributed by atoms with Crippen molar-refractivity contribution in [1.82, 2.24) is 15.1 Å². The molecule has 0 unspecified atom stereocenters. The van der Waals surface area contributed by atoms with Gasteiger partial charge in [0.05, 0.1) is 13.1 Å². The third-order valence-corrected chi connectivity index (χ3v) is 3.39. The minimum Gasteiger partial charge on any atom is -0.355 e. The molecule has 0 spiro atoms. The van der Waals surface area contributed by atoms with Crippen LogP contribution in [-0.2, 0) is 9.59 Å². The van der Waals surface area contributed by atoms with Gasteiger partial charge in [-0.1, -0.05) is 27.7 Å². The van der Waals surface area contributed by atoms with Gasteiger partial charge in [-0.2, -0.15) is 0 Å². The van der Waals surface area contributed by atoms with Crippen LogP contribution in [-0.4, -0.2) is 67.9 Å². The van der Waals surface area contributed by atoms with Crippen molar-refractivity contribution in [3.05, 3.63) is 0 Å². The summed E-state index contributed by atoms with van der Waals surface area (Å²) in [6, 6.07) is 0. The fourth-order valence-electron chi connectivity index (χ4n) is 1.89. The molecule has 0 fully saturated rings. The normalized spacial score (nSPS) is 11.6. The summed E-state index contributed by atoms with van der Waals surface area (Å²) >= 11 is 0. The van der Waals surface area contributed by atoms with Crippen LogP contribution >= 0.6 is 0 Å². The van der Waals surface area contributed by atoms with E-state index >= 15 is 0 Å². The van der Waals surface area contributed by atoms with Crippen molar-refractivity contribution < 1.29 is 9.59 Å². The van der Waals surface area contributed by atoms with Gasteiger partial charge in [0.2, 0.25) is 11.8 Å². The Kier molecular flexibility index (Phi) is 9.21. The number of carbonyl (C=O) groups is 2. The Balaban J connectivity index is 4.33. The molecule has 0 aliphatic heterocycles. The van der Waals surface area contributed by atoms with E-state index in [9.17, 15) is 9.59 Å². The highest BCUT2D eigenvalue weighted by atomic mass is 16.2. The fraction of sp³-hybridized carbons (Fsp3) is 0.867. The Bertz CT molecular complexity index is 332. The Hall–Kier alpha value is -1.14. The van der Waals surface area contributed by atoms with Gasteiger partial charge in [-0.25, -0.2) is 0 Å². The zero-order chi connectivity index (χ0) is 16.5. The van der Waals surface area contributed by atoms with E-state index in [0.717, 1.165) is 19.5 Å². The van der Waals surface area contributed by atoms with E-state index in [0.29, 0.717) is 19.6 Å². The van der Waals surface area contributed by atoms with Crippen molar-refractivity contribution in [3.63, 3.8) is 0 Å². The van der Waals surface area contributed by atoms with Gasteiger partial charge in [0.1, 0.15) is 0 Å². The maximum absolute atomic E-state index is 12.2. The van der Waals surface area contributed by atoms with Crippen molar-refractivity contribution in [2.24, 2.45) is 11.1 Å². The molecule has 3 N–H and O–H groups in total. The topological polar surface area (TPSA) is 78.7 Å². The lowest BCUT2D eigenvalue weighted by Crippen LogP contribution is -2.46. The fourth-order valence-corrected chi connectivity index (χ4v) is 1.89. The van der Waals surface area contributed by atoms with Crippen LogP contribution in [0.2, 0.25) is 0 Å². The van der Waals surface area contributed by atoms with Crippen molar-refractivity contribution in [2.45, 2.75) is 34.1 Å². The number of carbonyl (C=O) groups excluding carboxylic acids is 2. The molecule has 0 radical (unpaired) electrons. The van der Waals surface area contributed by atoms with Crippen molar-refractivity contribution in [1.29, 1.82) is 0 Å². The second-order valence-corrected chi connectivity index (χ2v) is 6.27. The average molecular weight is 300 g/mol. The molecule has 124 valence electrons. The predicted octanol–water partition coefficient (Wildman–Crippen LogP) is 0.278. The third-order valence-electron chi connectivity index (χ3n) is 3.39. The molecule has 0 saturated carbocycles.